The van der Waals surface area contributed by atoms with E-state index >= 15 is 0 Å². The summed E-state index contributed by atoms with van der Waals surface area (Å²) in [5.74, 6) is 2.40. The molecule has 6 atom stereocenters. The molecule has 0 spiro atoms. The fraction of sp³-hybridized carbons (Fsp3) is 0.842. The molecule has 4 rings (SSSR count). The molecule has 3 fully saturated rings. The Morgan fingerprint density at radius 3 is 2.76 bits per heavy atom. The second-order valence-corrected chi connectivity index (χ2v) is 8.58. The lowest BCUT2D eigenvalue weighted by atomic mass is 9.49. The van der Waals surface area contributed by atoms with Crippen LogP contribution >= 0.6 is 0 Å². The highest BCUT2D eigenvalue weighted by Crippen LogP contribution is 2.63. The number of hydrogen-bond acceptors (Lipinski definition) is 2. The van der Waals surface area contributed by atoms with E-state index in [1.807, 2.05) is 0 Å². The van der Waals surface area contributed by atoms with Crippen LogP contribution in [0.4, 0.5) is 0 Å². The maximum Gasteiger partial charge on any atom is 0.139 e. The van der Waals surface area contributed by atoms with Crippen LogP contribution in [0.5, 0.6) is 0 Å². The van der Waals surface area contributed by atoms with Crippen LogP contribution < -0.4 is 0 Å². The molecule has 0 unspecified atom stereocenters. The van der Waals surface area contributed by atoms with E-state index in [2.05, 4.69) is 19.9 Å². The molecule has 0 amide bonds. The third kappa shape index (κ3) is 1.78. The van der Waals surface area contributed by atoms with Gasteiger partial charge in [0, 0.05) is 11.8 Å². The van der Waals surface area contributed by atoms with Gasteiger partial charge in [0.25, 0.3) is 0 Å². The zero-order valence-electron chi connectivity index (χ0n) is 13.4. The summed E-state index contributed by atoms with van der Waals surface area (Å²) < 4.78 is 0. The van der Waals surface area contributed by atoms with Gasteiger partial charge in [-0.1, -0.05) is 25.5 Å². The first-order valence-corrected chi connectivity index (χ1v) is 8.87. The lowest BCUT2D eigenvalue weighted by Crippen LogP contribution is -2.48. The molecule has 116 valence electrons. The fourth-order valence-corrected chi connectivity index (χ4v) is 6.29. The number of hydrogen-bond donors (Lipinski definition) is 1. The molecule has 3 saturated carbocycles. The molecule has 4 aliphatic carbocycles. The fourth-order valence-electron chi connectivity index (χ4n) is 6.29. The van der Waals surface area contributed by atoms with E-state index in [-0.39, 0.29) is 11.5 Å². The minimum atomic E-state index is -0.0814. The Balaban J connectivity index is 1.71. The summed E-state index contributed by atoms with van der Waals surface area (Å²) in [6.45, 7) is 4.67. The lowest BCUT2D eigenvalue weighted by Gasteiger charge is -2.55. The van der Waals surface area contributed by atoms with E-state index in [1.54, 1.807) is 5.57 Å². The van der Waals surface area contributed by atoms with Crippen LogP contribution in [0.15, 0.2) is 11.6 Å². The Morgan fingerprint density at radius 1 is 1.14 bits per heavy atom. The van der Waals surface area contributed by atoms with Gasteiger partial charge in [-0.25, -0.2) is 0 Å². The first-order chi connectivity index (χ1) is 9.95. The van der Waals surface area contributed by atoms with Gasteiger partial charge in [0.05, 0.1) is 6.10 Å². The first-order valence-electron chi connectivity index (χ1n) is 8.87. The summed E-state index contributed by atoms with van der Waals surface area (Å²) in [7, 11) is 0. The summed E-state index contributed by atoms with van der Waals surface area (Å²) >= 11 is 0. The average molecular weight is 288 g/mol. The van der Waals surface area contributed by atoms with Gasteiger partial charge in [-0.2, -0.15) is 0 Å². The molecule has 0 saturated heterocycles. The molecule has 2 heteroatoms. The SMILES string of the molecule is C[C@@]12CC=C3[C@H](CC[C@@H]4C[C@H](O)CC[C@]34C)[C@H]1CCC2=O. The van der Waals surface area contributed by atoms with Gasteiger partial charge in [-0.15, -0.1) is 0 Å². The zero-order valence-corrected chi connectivity index (χ0v) is 13.4. The lowest BCUT2D eigenvalue weighted by molar-refractivity contribution is -0.127. The molecule has 21 heavy (non-hydrogen) atoms. The molecule has 1 N–H and O–H groups in total. The van der Waals surface area contributed by atoms with Crippen molar-refractivity contribution in [3.8, 4) is 0 Å². The summed E-state index contributed by atoms with van der Waals surface area (Å²) in [6, 6.07) is 0. The van der Waals surface area contributed by atoms with Crippen molar-refractivity contribution in [3.63, 3.8) is 0 Å². The maximum atomic E-state index is 12.3. The highest BCUT2D eigenvalue weighted by Gasteiger charge is 2.56. The van der Waals surface area contributed by atoms with Gasteiger partial charge in [0.15, 0.2) is 0 Å². The molecule has 4 aliphatic rings. The van der Waals surface area contributed by atoms with Crippen molar-refractivity contribution >= 4 is 5.78 Å². The average Bonchev–Trinajstić information content (AvgIpc) is 2.76. The third-order valence-electron chi connectivity index (χ3n) is 7.71. The molecule has 2 nitrogen and oxygen atoms in total. The molecule has 0 aromatic heterocycles. The summed E-state index contributed by atoms with van der Waals surface area (Å²) in [4.78, 5) is 12.3. The van der Waals surface area contributed by atoms with Gasteiger partial charge < -0.3 is 5.11 Å². The van der Waals surface area contributed by atoms with Crippen LogP contribution in [0.25, 0.3) is 0 Å². The van der Waals surface area contributed by atoms with Crippen LogP contribution in [0.2, 0.25) is 0 Å². The number of carbonyl (C=O) groups excluding carboxylic acids is 1. The van der Waals surface area contributed by atoms with E-state index in [9.17, 15) is 9.90 Å². The summed E-state index contributed by atoms with van der Waals surface area (Å²) in [5, 5.41) is 10.0. The number of aliphatic hydroxyl groups is 1. The van der Waals surface area contributed by atoms with Gasteiger partial charge in [-0.3, -0.25) is 4.79 Å². The highest BCUT2D eigenvalue weighted by atomic mass is 16.3. The standard InChI is InChI=1S/C19H28O2/c1-18-9-7-13(20)11-12(18)3-4-14-15-5-6-17(21)19(15,2)10-8-16(14)18/h8,12-15,20H,3-7,9-11H2,1-2H3/t12-,13-,14-,15-,18+,19-/m1/s1. The maximum absolute atomic E-state index is 12.3. The predicted octanol–water partition coefficient (Wildman–Crippen LogP) is 3.88. The normalized spacial score (nSPS) is 52.7. The molecule has 0 aliphatic heterocycles. The number of fused-ring (bicyclic) bond motifs is 5. The summed E-state index contributed by atoms with van der Waals surface area (Å²) in [6.07, 6.45) is 10.8. The Kier molecular flexibility index (Phi) is 2.96. The Hall–Kier alpha value is -0.630. The van der Waals surface area contributed by atoms with Gasteiger partial charge in [0.1, 0.15) is 5.78 Å². The van der Waals surface area contributed by atoms with Crippen LogP contribution in [0.3, 0.4) is 0 Å². The minimum Gasteiger partial charge on any atom is -0.393 e. The topological polar surface area (TPSA) is 37.3 Å². The van der Waals surface area contributed by atoms with E-state index in [4.69, 9.17) is 0 Å². The number of allylic oxidation sites excluding steroid dienone is 2. The molecule has 0 aromatic rings. The number of Topliss-reactive ketones (excluding diaryl/α,β-unsaturated/α-hetero) is 1. The second kappa shape index (κ2) is 4.44. The van der Waals surface area contributed by atoms with Crippen LogP contribution in [-0.4, -0.2) is 17.0 Å². The monoisotopic (exact) mass is 288 g/mol. The van der Waals surface area contributed by atoms with Crippen molar-refractivity contribution in [1.82, 2.24) is 0 Å². The van der Waals surface area contributed by atoms with E-state index in [0.29, 0.717) is 29.0 Å². The van der Waals surface area contributed by atoms with Crippen molar-refractivity contribution < 1.29 is 9.90 Å². The zero-order chi connectivity index (χ0) is 14.8. The van der Waals surface area contributed by atoms with E-state index in [0.717, 1.165) is 38.5 Å². The number of aliphatic hydroxyl groups excluding tert-OH is 1. The Bertz CT molecular complexity index is 508. The smallest absolute Gasteiger partial charge is 0.139 e. The van der Waals surface area contributed by atoms with Crippen molar-refractivity contribution in [1.29, 1.82) is 0 Å². The van der Waals surface area contributed by atoms with Crippen molar-refractivity contribution in [2.24, 2.45) is 28.6 Å². The molecule has 0 aromatic carbocycles. The third-order valence-corrected chi connectivity index (χ3v) is 7.71. The van der Waals surface area contributed by atoms with Crippen LogP contribution in [-0.2, 0) is 4.79 Å². The van der Waals surface area contributed by atoms with Crippen molar-refractivity contribution in [2.45, 2.75) is 71.3 Å². The molecule has 0 radical (unpaired) electrons. The Labute approximate surface area is 128 Å². The number of ketones is 1. The quantitative estimate of drug-likeness (QED) is 0.687. The summed E-state index contributed by atoms with van der Waals surface area (Å²) in [5.41, 5.74) is 1.91. The van der Waals surface area contributed by atoms with E-state index < -0.39 is 0 Å². The van der Waals surface area contributed by atoms with Gasteiger partial charge in [0.2, 0.25) is 0 Å². The van der Waals surface area contributed by atoms with Gasteiger partial charge >= 0.3 is 0 Å². The highest BCUT2D eigenvalue weighted by molar-refractivity contribution is 5.87. The van der Waals surface area contributed by atoms with Crippen LogP contribution in [0, 0.1) is 28.6 Å². The van der Waals surface area contributed by atoms with Crippen molar-refractivity contribution in [2.75, 3.05) is 0 Å². The Morgan fingerprint density at radius 2 is 1.95 bits per heavy atom. The molecule has 0 heterocycles. The van der Waals surface area contributed by atoms with Gasteiger partial charge in [-0.05, 0) is 68.1 Å². The van der Waals surface area contributed by atoms with Crippen molar-refractivity contribution in [3.05, 3.63) is 11.6 Å². The first kappa shape index (κ1) is 14.0. The molecule has 0 bridgehead atoms. The second-order valence-electron chi connectivity index (χ2n) is 8.58. The molecular weight excluding hydrogens is 260 g/mol. The largest absolute Gasteiger partial charge is 0.393 e. The minimum absolute atomic E-state index is 0.0639. The van der Waals surface area contributed by atoms with E-state index in [1.165, 1.54) is 12.8 Å². The predicted molar refractivity (Wildman–Crippen MR) is 82.7 cm³/mol. The number of rotatable bonds is 0. The number of carbonyl (C=O) groups is 1. The molecular formula is C19H28O2. The van der Waals surface area contributed by atoms with Crippen LogP contribution in [0.1, 0.15) is 65.2 Å².